The Morgan fingerprint density at radius 2 is 1.67 bits per heavy atom. The summed E-state index contributed by atoms with van der Waals surface area (Å²) in [5, 5.41) is 0. The molecule has 0 aliphatic carbocycles. The zero-order valence-electron chi connectivity index (χ0n) is 15.0. The van der Waals surface area contributed by atoms with E-state index in [1.165, 1.54) is 34.6 Å². The highest BCUT2D eigenvalue weighted by Crippen LogP contribution is 2.23. The number of anilines is 1. The summed E-state index contributed by atoms with van der Waals surface area (Å²) in [6.07, 6.45) is 0. The van der Waals surface area contributed by atoms with Gasteiger partial charge in [-0.3, -0.25) is 0 Å². The first-order valence-electron chi connectivity index (χ1n) is 8.70. The van der Waals surface area contributed by atoms with E-state index in [9.17, 15) is 17.6 Å². The van der Waals surface area contributed by atoms with Gasteiger partial charge in [-0.05, 0) is 43.3 Å². The molecule has 8 heteroatoms. The number of benzene rings is 2. The van der Waals surface area contributed by atoms with Crippen molar-refractivity contribution in [1.29, 1.82) is 0 Å². The van der Waals surface area contributed by atoms with Crippen molar-refractivity contribution in [3.63, 3.8) is 0 Å². The zero-order chi connectivity index (χ0) is 19.4. The van der Waals surface area contributed by atoms with Gasteiger partial charge in [0.1, 0.15) is 5.82 Å². The van der Waals surface area contributed by atoms with Crippen LogP contribution in [-0.2, 0) is 14.8 Å². The Kier molecular flexibility index (Phi) is 5.76. The number of halogens is 1. The minimum Gasteiger partial charge on any atom is -0.462 e. The van der Waals surface area contributed by atoms with Crippen molar-refractivity contribution < 1.29 is 22.3 Å². The average molecular weight is 392 g/mol. The second-order valence-electron chi connectivity index (χ2n) is 6.09. The molecule has 1 fully saturated rings. The van der Waals surface area contributed by atoms with E-state index in [2.05, 4.69) is 0 Å². The van der Waals surface area contributed by atoms with Crippen LogP contribution in [0.5, 0.6) is 0 Å². The molecule has 1 saturated heterocycles. The lowest BCUT2D eigenvalue weighted by molar-refractivity contribution is 0.0526. The molecule has 2 aromatic carbocycles. The predicted octanol–water partition coefficient (Wildman–Crippen LogP) is 2.51. The summed E-state index contributed by atoms with van der Waals surface area (Å²) < 4.78 is 45.8. The fraction of sp³-hybridized carbons (Fsp3) is 0.316. The number of nitrogens with zero attached hydrogens (tertiary/aromatic N) is 2. The van der Waals surface area contributed by atoms with Gasteiger partial charge in [0.15, 0.2) is 0 Å². The molecule has 0 bridgehead atoms. The molecule has 3 rings (SSSR count). The summed E-state index contributed by atoms with van der Waals surface area (Å²) in [6.45, 7) is 3.29. The van der Waals surface area contributed by atoms with Gasteiger partial charge in [-0.2, -0.15) is 4.31 Å². The molecule has 0 radical (unpaired) electrons. The summed E-state index contributed by atoms with van der Waals surface area (Å²) in [6, 6.07) is 12.2. The van der Waals surface area contributed by atoms with E-state index >= 15 is 0 Å². The summed E-state index contributed by atoms with van der Waals surface area (Å²) in [5.41, 5.74) is 0.786. The monoisotopic (exact) mass is 392 g/mol. The van der Waals surface area contributed by atoms with E-state index < -0.39 is 16.0 Å². The van der Waals surface area contributed by atoms with Gasteiger partial charge in [-0.25, -0.2) is 17.6 Å². The Labute approximate surface area is 158 Å². The quantitative estimate of drug-likeness (QED) is 0.732. The molecule has 1 heterocycles. The summed E-state index contributed by atoms with van der Waals surface area (Å²) in [5.74, 6) is -0.802. The fourth-order valence-corrected chi connectivity index (χ4v) is 4.43. The summed E-state index contributed by atoms with van der Waals surface area (Å²) >= 11 is 0. The van der Waals surface area contributed by atoms with E-state index in [0.29, 0.717) is 24.3 Å². The van der Waals surface area contributed by atoms with Gasteiger partial charge in [0.05, 0.1) is 22.8 Å². The fourth-order valence-electron chi connectivity index (χ4n) is 3.00. The third-order valence-electron chi connectivity index (χ3n) is 4.44. The van der Waals surface area contributed by atoms with Crippen LogP contribution in [0.15, 0.2) is 53.4 Å². The maximum Gasteiger partial charge on any atom is 0.338 e. The smallest absolute Gasteiger partial charge is 0.338 e. The predicted molar refractivity (Wildman–Crippen MR) is 99.8 cm³/mol. The van der Waals surface area contributed by atoms with Crippen molar-refractivity contribution in [3.8, 4) is 0 Å². The molecular weight excluding hydrogens is 371 g/mol. The van der Waals surface area contributed by atoms with Crippen molar-refractivity contribution in [1.82, 2.24) is 4.31 Å². The van der Waals surface area contributed by atoms with Gasteiger partial charge < -0.3 is 9.64 Å². The van der Waals surface area contributed by atoms with Crippen LogP contribution in [0.2, 0.25) is 0 Å². The third kappa shape index (κ3) is 4.12. The largest absolute Gasteiger partial charge is 0.462 e. The molecule has 0 unspecified atom stereocenters. The molecule has 0 N–H and O–H groups in total. The first kappa shape index (κ1) is 19.3. The number of carbonyl (C=O) groups is 1. The lowest BCUT2D eigenvalue weighted by atomic mass is 10.2. The van der Waals surface area contributed by atoms with E-state index in [4.69, 9.17) is 4.74 Å². The molecule has 6 nitrogen and oxygen atoms in total. The molecule has 144 valence electrons. The van der Waals surface area contributed by atoms with Crippen LogP contribution < -0.4 is 4.90 Å². The molecule has 0 atom stereocenters. The van der Waals surface area contributed by atoms with Crippen LogP contribution >= 0.6 is 0 Å². The molecular formula is C19H21FN2O4S. The Bertz CT molecular complexity index is 908. The highest BCUT2D eigenvalue weighted by atomic mass is 32.2. The number of hydrogen-bond donors (Lipinski definition) is 0. The molecule has 0 aromatic heterocycles. The number of ether oxygens (including phenoxy) is 1. The zero-order valence-corrected chi connectivity index (χ0v) is 15.8. The van der Waals surface area contributed by atoms with Crippen molar-refractivity contribution in [2.75, 3.05) is 37.7 Å². The van der Waals surface area contributed by atoms with Gasteiger partial charge in [-0.15, -0.1) is 0 Å². The minimum atomic E-state index is -3.67. The van der Waals surface area contributed by atoms with Crippen LogP contribution in [0, 0.1) is 5.82 Å². The molecule has 2 aromatic rings. The van der Waals surface area contributed by atoms with Crippen LogP contribution in [-0.4, -0.2) is 51.5 Å². The van der Waals surface area contributed by atoms with Crippen molar-refractivity contribution in [3.05, 3.63) is 59.9 Å². The van der Waals surface area contributed by atoms with Gasteiger partial charge >= 0.3 is 5.97 Å². The summed E-state index contributed by atoms with van der Waals surface area (Å²) in [4.78, 5) is 13.6. The molecule has 0 saturated carbocycles. The Balaban J connectivity index is 1.70. The van der Waals surface area contributed by atoms with Crippen molar-refractivity contribution >= 4 is 21.7 Å². The SMILES string of the molecule is CCOC(=O)c1ccc(S(=O)(=O)N2CCN(c3ccccc3F)CC2)cc1. The number of rotatable bonds is 5. The normalized spacial score (nSPS) is 15.6. The standard InChI is InChI=1S/C19H21FN2O4S/c1-2-26-19(23)15-7-9-16(10-8-15)27(24,25)22-13-11-21(12-14-22)18-6-4-3-5-17(18)20/h3-10H,2,11-14H2,1H3. The molecule has 0 spiro atoms. The number of hydrogen-bond acceptors (Lipinski definition) is 5. The molecule has 0 amide bonds. The van der Waals surface area contributed by atoms with Crippen molar-refractivity contribution in [2.45, 2.75) is 11.8 Å². The highest BCUT2D eigenvalue weighted by molar-refractivity contribution is 7.89. The maximum absolute atomic E-state index is 13.9. The Morgan fingerprint density at radius 3 is 2.26 bits per heavy atom. The average Bonchev–Trinajstić information content (AvgIpc) is 2.69. The lowest BCUT2D eigenvalue weighted by Crippen LogP contribution is -2.48. The van der Waals surface area contributed by atoms with Gasteiger partial charge in [0.25, 0.3) is 0 Å². The van der Waals surface area contributed by atoms with E-state index in [1.807, 2.05) is 4.90 Å². The topological polar surface area (TPSA) is 66.9 Å². The Morgan fingerprint density at radius 1 is 1.04 bits per heavy atom. The van der Waals surface area contributed by atoms with Gasteiger partial charge in [0.2, 0.25) is 10.0 Å². The lowest BCUT2D eigenvalue weighted by Gasteiger charge is -2.35. The van der Waals surface area contributed by atoms with E-state index in [1.54, 1.807) is 25.1 Å². The van der Waals surface area contributed by atoms with Crippen LogP contribution in [0.25, 0.3) is 0 Å². The first-order valence-corrected chi connectivity index (χ1v) is 10.1. The molecule has 1 aliphatic heterocycles. The maximum atomic E-state index is 13.9. The van der Waals surface area contributed by atoms with Gasteiger partial charge in [-0.1, -0.05) is 12.1 Å². The number of esters is 1. The van der Waals surface area contributed by atoms with Crippen LogP contribution in [0.4, 0.5) is 10.1 Å². The Hall–Kier alpha value is -2.45. The molecule has 1 aliphatic rings. The number of carbonyl (C=O) groups excluding carboxylic acids is 1. The highest BCUT2D eigenvalue weighted by Gasteiger charge is 2.29. The van der Waals surface area contributed by atoms with Gasteiger partial charge in [0, 0.05) is 26.2 Å². The second-order valence-corrected chi connectivity index (χ2v) is 8.03. The number of sulfonamides is 1. The van der Waals surface area contributed by atoms with Crippen LogP contribution in [0.3, 0.4) is 0 Å². The van der Waals surface area contributed by atoms with Crippen molar-refractivity contribution in [2.24, 2.45) is 0 Å². The minimum absolute atomic E-state index is 0.120. The van der Waals surface area contributed by atoms with E-state index in [0.717, 1.165) is 0 Å². The number of para-hydroxylation sites is 1. The third-order valence-corrected chi connectivity index (χ3v) is 6.35. The number of piperazine rings is 1. The van der Waals surface area contributed by atoms with E-state index in [-0.39, 0.29) is 30.4 Å². The van der Waals surface area contributed by atoms with Crippen LogP contribution in [0.1, 0.15) is 17.3 Å². The molecule has 27 heavy (non-hydrogen) atoms. The second kappa shape index (κ2) is 8.06. The summed E-state index contributed by atoms with van der Waals surface area (Å²) in [7, 11) is -3.67. The first-order chi connectivity index (χ1) is 12.9.